The minimum absolute atomic E-state index is 0. The van der Waals surface area contributed by atoms with Crippen molar-refractivity contribution in [2.24, 2.45) is 0 Å². The van der Waals surface area contributed by atoms with Crippen molar-refractivity contribution in [1.82, 2.24) is 44.9 Å². The Balaban J connectivity index is 0.000000371. The third kappa shape index (κ3) is 39.1. The molecular weight excluding hydrogens is 2690 g/mol. The second-order valence-electron chi connectivity index (χ2n) is 26.2. The van der Waals surface area contributed by atoms with Crippen LogP contribution in [0.25, 0.3) is 100 Å². The van der Waals surface area contributed by atoms with Gasteiger partial charge in [-0.2, -0.15) is 0 Å². The Kier molecular flexibility index (Phi) is 53.4. The number of nitrogens with zero attached hydrogens (tertiary/aromatic N) is 9. The molecule has 18 aromatic rings. The predicted octanol–water partition coefficient (Wildman–Crippen LogP) is 23.6. The molecule has 2 N–H and O–H groups in total. The zero-order valence-electron chi connectivity index (χ0n) is 69.7. The van der Waals surface area contributed by atoms with E-state index in [9.17, 15) is 32.3 Å². The van der Waals surface area contributed by atoms with Gasteiger partial charge in [-0.15, -0.1) is 215 Å². The molecule has 15 nitrogen and oxygen atoms in total. The number of pyridine rings is 9. The maximum atomic E-state index is 13.2. The second-order valence-corrected chi connectivity index (χ2v) is 26.2. The van der Waals surface area contributed by atoms with Crippen molar-refractivity contribution in [2.45, 2.75) is 41.0 Å². The molecule has 0 fully saturated rings. The monoisotopic (exact) mass is 2780 g/mol. The standard InChI is InChI=1S/C16H12N.C15H10N.2C12H10N.C11H6F2N.C11H7FN.C11H8N.2C6H5NO2.C5H8O2.6Ir/c1-12-11-16(13-7-3-2-4-8-13)17-15-10-6-5-9-14(12)15;1-2-7-13(8-3-1)15-14-9-5-4-6-12(14)10-11-16-15;1-10-5-7-11(8-6-10)12-4-2-3-9-13-12;1-10-7-8-13-12(9-10)11-5-3-2-4-6-11;12-8-4-5-9(10(13)7-8)11-3-1-2-6-14-11;12-10-6-2-1-5-9(10)11-7-3-4-8-13-11;1-2-6-10(7-3-1)11-8-4-5-9-12-11;2*8-6(9)5-3-1-2-4-7-5;1-4(6)3-5(2)7;;;;;;/h2-7,9-11H,1H3;1-7,9-11H;2-7,9H,1H3;2-5,7-9H,1H3;1-4,6-7H;1-4,6-8H;1-6,8-9H;2*1-4H,(H,8,9);3H2,1-2H3;;;;;;/q7*-1;;;;;;;;;. The molecule has 664 valence electrons. The van der Waals surface area contributed by atoms with E-state index in [0.717, 1.165) is 73.9 Å². The molecule has 24 heteroatoms. The number of hydrogen-bond donors (Lipinski definition) is 2. The molecule has 129 heavy (non-hydrogen) atoms. The Hall–Kier alpha value is -12.2. The Morgan fingerprint density at radius 1 is 0.310 bits per heavy atom. The minimum Gasteiger partial charge on any atom is -0.477 e. The summed E-state index contributed by atoms with van der Waals surface area (Å²) in [5, 5.41) is 20.2. The van der Waals surface area contributed by atoms with Gasteiger partial charge in [0.2, 0.25) is 0 Å². The second kappa shape index (κ2) is 62.1. The summed E-state index contributed by atoms with van der Waals surface area (Å²) in [6, 6.07) is 122. The number of carbonyl (C=O) groups is 4. The molecular formula is C105H81F3Ir6N9O6-7. The summed E-state index contributed by atoms with van der Waals surface area (Å²) in [6.45, 7) is 9.05. The van der Waals surface area contributed by atoms with Crippen LogP contribution in [-0.4, -0.2) is 78.6 Å². The number of para-hydroxylation sites is 1. The molecule has 9 heterocycles. The summed E-state index contributed by atoms with van der Waals surface area (Å²) >= 11 is 0. The van der Waals surface area contributed by atoms with Crippen LogP contribution in [0.15, 0.2) is 377 Å². The maximum Gasteiger partial charge on any atom is 0.354 e. The molecule has 0 saturated heterocycles. The van der Waals surface area contributed by atoms with Gasteiger partial charge in [-0.05, 0) is 151 Å². The number of fused-ring (bicyclic) bond motifs is 2. The Labute approximate surface area is 830 Å². The maximum absolute atomic E-state index is 13.2. The van der Waals surface area contributed by atoms with E-state index in [4.69, 9.17) is 10.2 Å². The number of aryl methyl sites for hydroxylation is 3. The van der Waals surface area contributed by atoms with E-state index in [1.807, 2.05) is 200 Å². The van der Waals surface area contributed by atoms with E-state index in [0.29, 0.717) is 17.0 Å². The van der Waals surface area contributed by atoms with Crippen molar-refractivity contribution >= 4 is 45.2 Å². The fourth-order valence-electron chi connectivity index (χ4n) is 11.0. The zero-order valence-corrected chi connectivity index (χ0v) is 84.1. The van der Waals surface area contributed by atoms with Crippen LogP contribution in [0, 0.1) is 80.7 Å². The van der Waals surface area contributed by atoms with Crippen molar-refractivity contribution in [1.29, 1.82) is 0 Å². The van der Waals surface area contributed by atoms with Crippen LogP contribution in [0.4, 0.5) is 13.2 Å². The summed E-state index contributed by atoms with van der Waals surface area (Å²) in [7, 11) is 0. The first-order valence-corrected chi connectivity index (χ1v) is 38.3. The number of aromatic nitrogens is 9. The fraction of sp³-hybridized carbons (Fsp3) is 0.0571. The molecule has 0 atom stereocenters. The van der Waals surface area contributed by atoms with Crippen molar-refractivity contribution in [3.05, 3.63) is 465 Å². The first-order valence-electron chi connectivity index (χ1n) is 38.3. The van der Waals surface area contributed by atoms with E-state index in [1.165, 1.54) is 77.3 Å². The Bertz CT molecular complexity index is 6150. The molecule has 0 aliphatic heterocycles. The molecule has 0 amide bonds. The van der Waals surface area contributed by atoms with Crippen LogP contribution >= 0.6 is 0 Å². The number of Topliss-reactive ketones (excluding diaryl/α,β-unsaturated/α-hetero) is 2. The molecule has 6 radical (unpaired) electrons. The summed E-state index contributed by atoms with van der Waals surface area (Å²) < 4.78 is 39.0. The van der Waals surface area contributed by atoms with Crippen LogP contribution in [0.2, 0.25) is 0 Å². The molecule has 9 aromatic carbocycles. The van der Waals surface area contributed by atoms with E-state index >= 15 is 0 Å². The van der Waals surface area contributed by atoms with Gasteiger partial charge in [0.25, 0.3) is 0 Å². The normalized spacial score (nSPS) is 9.40. The van der Waals surface area contributed by atoms with Crippen molar-refractivity contribution in [3.63, 3.8) is 0 Å². The van der Waals surface area contributed by atoms with Gasteiger partial charge in [0.05, 0.1) is 11.9 Å². The smallest absolute Gasteiger partial charge is 0.354 e. The van der Waals surface area contributed by atoms with Crippen LogP contribution < -0.4 is 0 Å². The molecule has 0 saturated carbocycles. The van der Waals surface area contributed by atoms with Gasteiger partial charge in [-0.3, -0.25) is 27.7 Å². The van der Waals surface area contributed by atoms with Gasteiger partial charge in [0.1, 0.15) is 23.0 Å². The van der Waals surface area contributed by atoms with Crippen LogP contribution in [0.5, 0.6) is 0 Å². The molecule has 0 spiro atoms. The zero-order chi connectivity index (χ0) is 87.2. The van der Waals surface area contributed by atoms with Gasteiger partial charge in [0.15, 0.2) is 0 Å². The molecule has 0 aliphatic rings. The van der Waals surface area contributed by atoms with Gasteiger partial charge in [-0.25, -0.2) is 19.6 Å². The van der Waals surface area contributed by atoms with Crippen molar-refractivity contribution < 1.29 is 163 Å². The number of benzene rings is 9. The van der Waals surface area contributed by atoms with Gasteiger partial charge < -0.3 is 40.1 Å². The van der Waals surface area contributed by atoms with Gasteiger partial charge in [0, 0.05) is 193 Å². The van der Waals surface area contributed by atoms with Gasteiger partial charge >= 0.3 is 11.9 Å². The number of aromatic carboxylic acids is 2. The number of carbonyl (C=O) groups excluding carboxylic acids is 2. The molecule has 18 rings (SSSR count). The molecule has 9 aromatic heterocycles. The number of ketones is 2. The summed E-state index contributed by atoms with van der Waals surface area (Å²) in [6.07, 6.45) is 13.4. The topological polar surface area (TPSA) is 225 Å². The Morgan fingerprint density at radius 2 is 0.721 bits per heavy atom. The summed E-state index contributed by atoms with van der Waals surface area (Å²) in [5.41, 5.74) is 16.7. The number of carboxylic acid groups (broad SMARTS) is 2. The van der Waals surface area contributed by atoms with Crippen LogP contribution in [0.3, 0.4) is 0 Å². The molecule has 0 bridgehead atoms. The minimum atomic E-state index is -0.990. The summed E-state index contributed by atoms with van der Waals surface area (Å²) in [4.78, 5) is 77.3. The van der Waals surface area contributed by atoms with Crippen molar-refractivity contribution in [2.75, 3.05) is 0 Å². The number of rotatable bonds is 11. The Morgan fingerprint density at radius 3 is 1.14 bits per heavy atom. The predicted molar refractivity (Wildman–Crippen MR) is 477 cm³/mol. The molecule has 0 unspecified atom stereocenters. The first-order chi connectivity index (χ1) is 59.9. The number of carboxylic acids is 2. The third-order valence-corrected chi connectivity index (χ3v) is 16.8. The van der Waals surface area contributed by atoms with Crippen molar-refractivity contribution in [3.8, 4) is 78.8 Å². The molecule has 0 aliphatic carbocycles. The first kappa shape index (κ1) is 111. The average Bonchev–Trinajstić information content (AvgIpc) is 0.804. The SMILES string of the molecule is CC(=O)CC(C)=O.Cc1c[c-]c(-c2ccccn2)cc1.Cc1cc(-c2[c-]cccc2)nc2ccccc12.Cc1ccnc(-c2[c-]cccc2)c1.Fc1c[c-]c(-c2ccccn2)c(F)c1.Fc1ccc[c-]c1-c1ccccn1.O=C(O)c1ccccn1.O=C(O)c1ccccn1.[Ir].[Ir].[Ir].[Ir].[Ir].[Ir].[c-]1ccccc1-c1ccccn1.[c-]1ccccc1-c1nccc2ccccc12. The van der Waals surface area contributed by atoms with Gasteiger partial charge in [-0.1, -0.05) is 145 Å². The summed E-state index contributed by atoms with van der Waals surface area (Å²) in [5.74, 6) is -3.68. The largest absolute Gasteiger partial charge is 0.477 e. The average molecular weight is 2780 g/mol. The van der Waals surface area contributed by atoms with Crippen LogP contribution in [0.1, 0.15) is 57.9 Å². The quantitative estimate of drug-likeness (QED) is 0.0907. The van der Waals surface area contributed by atoms with E-state index in [2.05, 4.69) is 151 Å². The third-order valence-electron chi connectivity index (χ3n) is 16.8. The number of halogens is 3. The number of hydrogen-bond acceptors (Lipinski definition) is 13. The van der Waals surface area contributed by atoms with E-state index in [1.54, 1.807) is 91.5 Å². The van der Waals surface area contributed by atoms with E-state index in [-0.39, 0.29) is 161 Å². The van der Waals surface area contributed by atoms with E-state index < -0.39 is 23.6 Å². The fourth-order valence-corrected chi connectivity index (χ4v) is 11.0. The van der Waals surface area contributed by atoms with Crippen LogP contribution in [-0.2, 0) is 130 Å².